The van der Waals surface area contributed by atoms with Crippen molar-refractivity contribution in [2.75, 3.05) is 6.61 Å². The highest BCUT2D eigenvalue weighted by Gasteiger charge is 2.38. The Bertz CT molecular complexity index is 1090. The number of aliphatic carboxylic acids is 1. The summed E-state index contributed by atoms with van der Waals surface area (Å²) in [7, 11) is 0. The molecule has 164 valence electrons. The average Bonchev–Trinajstić information content (AvgIpc) is 3.11. The van der Waals surface area contributed by atoms with E-state index in [0.717, 1.165) is 22.3 Å². The highest BCUT2D eigenvalue weighted by molar-refractivity contribution is 5.81. The molecule has 32 heavy (non-hydrogen) atoms. The number of carbonyl (C=O) groups excluding carboxylic acids is 1. The van der Waals surface area contributed by atoms with Crippen molar-refractivity contribution in [1.82, 2.24) is 5.32 Å². The molecule has 1 amide bonds. The first-order valence-electron chi connectivity index (χ1n) is 10.1. The van der Waals surface area contributed by atoms with Crippen LogP contribution in [0.1, 0.15) is 29.0 Å². The van der Waals surface area contributed by atoms with Crippen LogP contribution < -0.4 is 5.32 Å². The zero-order chi connectivity index (χ0) is 22.7. The fourth-order valence-corrected chi connectivity index (χ4v) is 4.04. The smallest absolute Gasteiger partial charge is 0.407 e. The molecule has 0 aliphatic heterocycles. The molecule has 0 heterocycles. The van der Waals surface area contributed by atoms with E-state index in [-0.39, 0.29) is 18.1 Å². The number of nitrogens with one attached hydrogen (secondary N) is 1. The fourth-order valence-electron chi connectivity index (χ4n) is 4.04. The number of carboxylic acids is 1. The minimum atomic E-state index is -3.43. The number of ether oxygens (including phenoxy) is 1. The molecule has 1 atom stereocenters. The van der Waals surface area contributed by atoms with Crippen LogP contribution in [0.15, 0.2) is 78.9 Å². The second-order valence-electron chi connectivity index (χ2n) is 7.64. The van der Waals surface area contributed by atoms with Crippen molar-refractivity contribution < 1.29 is 28.2 Å². The Morgan fingerprint density at radius 1 is 0.906 bits per heavy atom. The van der Waals surface area contributed by atoms with Crippen molar-refractivity contribution in [3.63, 3.8) is 0 Å². The van der Waals surface area contributed by atoms with Gasteiger partial charge in [-0.25, -0.2) is 18.4 Å². The molecule has 0 aromatic heterocycles. The number of hydrogen-bond acceptors (Lipinski definition) is 3. The molecule has 3 aromatic rings. The molecule has 0 saturated heterocycles. The Balaban J connectivity index is 1.43. The van der Waals surface area contributed by atoms with Crippen LogP contribution in [-0.2, 0) is 15.5 Å². The predicted molar refractivity (Wildman–Crippen MR) is 115 cm³/mol. The normalized spacial score (nSPS) is 13.7. The van der Waals surface area contributed by atoms with Crippen molar-refractivity contribution in [2.24, 2.45) is 0 Å². The number of carboxylic acid groups (broad SMARTS) is 1. The number of alkyl carbamates (subject to hydrolysis) is 1. The molecule has 5 nitrogen and oxygen atoms in total. The second-order valence-corrected chi connectivity index (χ2v) is 7.64. The van der Waals surface area contributed by atoms with Crippen molar-refractivity contribution in [1.29, 1.82) is 0 Å². The number of alkyl halides is 2. The van der Waals surface area contributed by atoms with Gasteiger partial charge in [0.05, 0.1) is 0 Å². The summed E-state index contributed by atoms with van der Waals surface area (Å²) in [5.41, 5.74) is 3.76. The third-order valence-electron chi connectivity index (χ3n) is 5.59. The van der Waals surface area contributed by atoms with Crippen LogP contribution in [0.25, 0.3) is 11.1 Å². The summed E-state index contributed by atoms with van der Waals surface area (Å²) in [4.78, 5) is 23.8. The van der Waals surface area contributed by atoms with Gasteiger partial charge in [0.25, 0.3) is 5.92 Å². The molecule has 0 unspecified atom stereocenters. The third-order valence-corrected chi connectivity index (χ3v) is 5.59. The van der Waals surface area contributed by atoms with E-state index in [4.69, 9.17) is 4.74 Å². The minimum absolute atomic E-state index is 0.0404. The van der Waals surface area contributed by atoms with Gasteiger partial charge < -0.3 is 15.2 Å². The third kappa shape index (κ3) is 4.32. The van der Waals surface area contributed by atoms with Crippen LogP contribution in [0.2, 0.25) is 0 Å². The summed E-state index contributed by atoms with van der Waals surface area (Å²) in [6.45, 7) is -0.0404. The molecule has 1 aliphatic carbocycles. The molecular weight excluding hydrogens is 416 g/mol. The largest absolute Gasteiger partial charge is 0.480 e. The van der Waals surface area contributed by atoms with Crippen LogP contribution in [-0.4, -0.2) is 29.8 Å². The highest BCUT2D eigenvalue weighted by atomic mass is 19.3. The lowest BCUT2D eigenvalue weighted by Gasteiger charge is -2.22. The molecule has 0 bridgehead atoms. The number of amides is 1. The SMILES string of the molecule is O=C(N[C@@H](CC(F)(F)c1ccccc1)C(=O)O)OCC1c2ccccc2-c2ccccc21. The lowest BCUT2D eigenvalue weighted by Crippen LogP contribution is -2.44. The maximum Gasteiger partial charge on any atom is 0.407 e. The van der Waals surface area contributed by atoms with Crippen LogP contribution >= 0.6 is 0 Å². The van der Waals surface area contributed by atoms with E-state index in [1.807, 2.05) is 48.5 Å². The molecule has 0 radical (unpaired) electrons. The summed E-state index contributed by atoms with van der Waals surface area (Å²) < 4.78 is 34.3. The predicted octanol–water partition coefficient (Wildman–Crippen LogP) is 5.16. The molecule has 3 aromatic carbocycles. The van der Waals surface area contributed by atoms with E-state index in [2.05, 4.69) is 5.32 Å². The highest BCUT2D eigenvalue weighted by Crippen LogP contribution is 2.44. The molecule has 7 heteroatoms. The topological polar surface area (TPSA) is 75.6 Å². The number of carbonyl (C=O) groups is 2. The molecular formula is C25H21F2NO4. The quantitative estimate of drug-likeness (QED) is 0.535. The van der Waals surface area contributed by atoms with E-state index < -0.39 is 30.4 Å². The van der Waals surface area contributed by atoms with Gasteiger partial charge in [-0.05, 0) is 22.3 Å². The van der Waals surface area contributed by atoms with Gasteiger partial charge in [-0.15, -0.1) is 0 Å². The Morgan fingerprint density at radius 3 is 2.00 bits per heavy atom. The van der Waals surface area contributed by atoms with Crippen LogP contribution in [0.5, 0.6) is 0 Å². The number of hydrogen-bond donors (Lipinski definition) is 2. The van der Waals surface area contributed by atoms with Crippen molar-refractivity contribution in [3.05, 3.63) is 95.6 Å². The Morgan fingerprint density at radius 2 is 1.44 bits per heavy atom. The molecule has 0 fully saturated rings. The molecule has 4 rings (SSSR count). The summed E-state index contributed by atoms with van der Waals surface area (Å²) in [6, 6.07) is 20.6. The standard InChI is InChI=1S/C25H21F2NO4/c26-25(27,16-8-2-1-3-9-16)14-22(23(29)30)28-24(31)32-15-21-19-12-6-4-10-17(19)18-11-5-7-13-20(18)21/h1-13,21-22H,14-15H2,(H,28,31)(H,29,30)/t22-/m0/s1. The van der Waals surface area contributed by atoms with Gasteiger partial charge >= 0.3 is 12.1 Å². The van der Waals surface area contributed by atoms with Gasteiger partial charge in [-0.1, -0.05) is 78.9 Å². The maximum atomic E-state index is 14.5. The lowest BCUT2D eigenvalue weighted by molar-refractivity contribution is -0.142. The summed E-state index contributed by atoms with van der Waals surface area (Å²) >= 11 is 0. The van der Waals surface area contributed by atoms with Crippen LogP contribution in [0, 0.1) is 0 Å². The first-order chi connectivity index (χ1) is 15.4. The molecule has 1 aliphatic rings. The number of fused-ring (bicyclic) bond motifs is 3. The molecule has 2 N–H and O–H groups in total. The first-order valence-corrected chi connectivity index (χ1v) is 10.1. The van der Waals surface area contributed by atoms with Gasteiger partial charge in [0.2, 0.25) is 0 Å². The van der Waals surface area contributed by atoms with E-state index >= 15 is 0 Å². The first kappa shape index (κ1) is 21.5. The van der Waals surface area contributed by atoms with Gasteiger partial charge in [-0.2, -0.15) is 0 Å². The summed E-state index contributed by atoms with van der Waals surface area (Å²) in [6.07, 6.45) is -2.14. The Kier molecular flexibility index (Phi) is 5.90. The number of rotatable bonds is 7. The maximum absolute atomic E-state index is 14.5. The lowest BCUT2D eigenvalue weighted by atomic mass is 9.98. The average molecular weight is 437 g/mol. The van der Waals surface area contributed by atoms with Gasteiger partial charge in [0.15, 0.2) is 0 Å². The van der Waals surface area contributed by atoms with E-state index in [9.17, 15) is 23.5 Å². The number of halogens is 2. The van der Waals surface area contributed by atoms with Gasteiger partial charge in [0.1, 0.15) is 12.6 Å². The molecule has 0 spiro atoms. The van der Waals surface area contributed by atoms with E-state index in [0.29, 0.717) is 0 Å². The monoisotopic (exact) mass is 437 g/mol. The Hall–Kier alpha value is -3.74. The molecule has 0 saturated carbocycles. The zero-order valence-corrected chi connectivity index (χ0v) is 17.0. The number of benzene rings is 3. The van der Waals surface area contributed by atoms with Gasteiger partial charge in [0, 0.05) is 17.9 Å². The second kappa shape index (κ2) is 8.78. The summed E-state index contributed by atoms with van der Waals surface area (Å²) in [5, 5.41) is 11.4. The van der Waals surface area contributed by atoms with Crippen LogP contribution in [0.3, 0.4) is 0 Å². The minimum Gasteiger partial charge on any atom is -0.480 e. The van der Waals surface area contributed by atoms with Crippen molar-refractivity contribution in [2.45, 2.75) is 24.3 Å². The van der Waals surface area contributed by atoms with Crippen LogP contribution in [0.4, 0.5) is 13.6 Å². The fraction of sp³-hybridized carbons (Fsp3) is 0.200. The van der Waals surface area contributed by atoms with Crippen molar-refractivity contribution in [3.8, 4) is 11.1 Å². The van der Waals surface area contributed by atoms with E-state index in [1.54, 1.807) is 6.07 Å². The van der Waals surface area contributed by atoms with Gasteiger partial charge in [-0.3, -0.25) is 0 Å². The van der Waals surface area contributed by atoms with E-state index in [1.165, 1.54) is 24.3 Å². The van der Waals surface area contributed by atoms with Crippen molar-refractivity contribution >= 4 is 12.1 Å². The Labute approximate surface area is 183 Å². The zero-order valence-electron chi connectivity index (χ0n) is 17.0. The summed E-state index contributed by atoms with van der Waals surface area (Å²) in [5.74, 6) is -5.21.